The summed E-state index contributed by atoms with van der Waals surface area (Å²) in [5.74, 6) is 0.300. The highest BCUT2D eigenvalue weighted by atomic mass is 16.6. The Morgan fingerprint density at radius 2 is 1.89 bits per heavy atom. The molecule has 7 aliphatic rings. The number of allylic oxidation sites excluding steroid dienone is 2. The number of unbranched alkanes of at least 4 members (excludes halogenated alkanes) is 1. The summed E-state index contributed by atoms with van der Waals surface area (Å²) in [6.07, 6.45) is 13.7. The molecule has 196 valence electrons. The maximum Gasteiger partial charge on any atom is 0.337 e. The van der Waals surface area contributed by atoms with Crippen LogP contribution in [-0.4, -0.2) is 33.7 Å². The van der Waals surface area contributed by atoms with E-state index in [1.165, 1.54) is 0 Å². The van der Waals surface area contributed by atoms with Crippen LogP contribution in [0.15, 0.2) is 53.6 Å². The van der Waals surface area contributed by atoms with Gasteiger partial charge in [0.15, 0.2) is 11.3 Å². The summed E-state index contributed by atoms with van der Waals surface area (Å²) in [5, 5.41) is 0. The van der Waals surface area contributed by atoms with Crippen LogP contribution >= 0.6 is 0 Å². The third kappa shape index (κ3) is 2.43. The molecule has 2 bridgehead atoms. The predicted molar refractivity (Wildman–Crippen MR) is 140 cm³/mol. The lowest BCUT2D eigenvalue weighted by atomic mass is 9.42. The third-order valence-electron chi connectivity index (χ3n) is 10.9. The summed E-state index contributed by atoms with van der Waals surface area (Å²) in [6, 6.07) is 10.2. The molecule has 0 radical (unpaired) electrons. The van der Waals surface area contributed by atoms with E-state index < -0.39 is 22.3 Å². The first-order valence-electron chi connectivity index (χ1n) is 14.7. The minimum atomic E-state index is -0.824. The van der Waals surface area contributed by atoms with Gasteiger partial charge in [-0.2, -0.15) is 0 Å². The maximum atomic E-state index is 14.6. The van der Waals surface area contributed by atoms with Gasteiger partial charge in [-0.25, -0.2) is 4.79 Å². The largest absolute Gasteiger partial charge is 0.451 e. The fraction of sp³-hybridized carbons (Fsp3) is 0.625. The van der Waals surface area contributed by atoms with Gasteiger partial charge in [0.25, 0.3) is 5.91 Å². The Hall–Kier alpha value is -2.40. The highest BCUT2D eigenvalue weighted by Crippen LogP contribution is 2.82. The Balaban J connectivity index is 1.54. The van der Waals surface area contributed by atoms with E-state index in [2.05, 4.69) is 50.0 Å². The van der Waals surface area contributed by atoms with Crippen LogP contribution in [0.4, 0.5) is 0 Å². The average molecular weight is 502 g/mol. The number of esters is 1. The normalized spacial score (nSPS) is 41.6. The number of amides is 1. The van der Waals surface area contributed by atoms with Gasteiger partial charge in [0.1, 0.15) is 5.60 Å². The first-order valence-corrected chi connectivity index (χ1v) is 14.7. The number of hydrogen-bond donors (Lipinski definition) is 0. The molecule has 3 spiro atoms. The SMILES string of the molecule is CCCC[C@]12O[C@@]34CCCC=C3C(=O)O[C@]43[C@@H](CCC)[C@@H]4C=C(C(=O)N1[C@@H](C)c1ccccc1)[C@@]32CC4. The molecule has 4 fully saturated rings. The Bertz CT molecular complexity index is 1220. The summed E-state index contributed by atoms with van der Waals surface area (Å²) in [6.45, 7) is 6.59. The molecule has 7 atom stereocenters. The zero-order chi connectivity index (χ0) is 25.6. The van der Waals surface area contributed by atoms with E-state index in [-0.39, 0.29) is 29.8 Å². The van der Waals surface area contributed by atoms with Crippen molar-refractivity contribution in [2.75, 3.05) is 0 Å². The molecule has 1 saturated carbocycles. The monoisotopic (exact) mass is 501 g/mol. The number of rotatable bonds is 7. The summed E-state index contributed by atoms with van der Waals surface area (Å²) in [4.78, 5) is 30.4. The Morgan fingerprint density at radius 3 is 2.65 bits per heavy atom. The van der Waals surface area contributed by atoms with E-state index in [0.29, 0.717) is 0 Å². The van der Waals surface area contributed by atoms with Gasteiger partial charge >= 0.3 is 5.97 Å². The van der Waals surface area contributed by atoms with Gasteiger partial charge in [-0.3, -0.25) is 4.79 Å². The molecule has 0 aromatic heterocycles. The highest BCUT2D eigenvalue weighted by Gasteiger charge is 2.93. The van der Waals surface area contributed by atoms with Crippen LogP contribution in [0.2, 0.25) is 0 Å². The number of ether oxygens (including phenoxy) is 2. The van der Waals surface area contributed by atoms with Crippen molar-refractivity contribution < 1.29 is 19.1 Å². The van der Waals surface area contributed by atoms with Gasteiger partial charge in [-0.05, 0) is 69.8 Å². The van der Waals surface area contributed by atoms with Crippen molar-refractivity contribution in [2.45, 2.75) is 108 Å². The summed E-state index contributed by atoms with van der Waals surface area (Å²) >= 11 is 0. The van der Waals surface area contributed by atoms with Gasteiger partial charge in [-0.1, -0.05) is 69.2 Å². The lowest BCUT2D eigenvalue weighted by Crippen LogP contribution is -2.69. The van der Waals surface area contributed by atoms with E-state index in [0.717, 1.165) is 80.9 Å². The molecule has 1 amide bonds. The molecule has 0 unspecified atom stereocenters. The second-order valence-corrected chi connectivity index (χ2v) is 12.3. The standard InChI is InChI=1S/C32H39NO4/c1-4-6-18-31-29-19-16-23(20-26(29)27(34)33(31)21(3)22-13-8-7-9-14-22)24(12-5-2)32(29)30(37-31)17-11-10-15-25(30)28(35)36-32/h7-9,13-15,20-21,23-24H,4-6,10-12,16-19H2,1-3H3/t21-,23-,24-,29+,30-,31+,32-/m0/s1. The predicted octanol–water partition coefficient (Wildman–Crippen LogP) is 6.40. The van der Waals surface area contributed by atoms with E-state index in [1.54, 1.807) is 0 Å². The number of hydrogen-bond acceptors (Lipinski definition) is 4. The van der Waals surface area contributed by atoms with Crippen molar-refractivity contribution >= 4 is 11.9 Å². The fourth-order valence-electron chi connectivity index (χ4n) is 9.85. The zero-order valence-electron chi connectivity index (χ0n) is 22.4. The van der Waals surface area contributed by atoms with Crippen LogP contribution in [-0.2, 0) is 19.1 Å². The van der Waals surface area contributed by atoms with Gasteiger partial charge in [-0.15, -0.1) is 0 Å². The van der Waals surface area contributed by atoms with Gasteiger partial charge < -0.3 is 14.4 Å². The molecule has 5 nitrogen and oxygen atoms in total. The Labute approximate surface area is 220 Å². The van der Waals surface area contributed by atoms with Crippen LogP contribution in [0.5, 0.6) is 0 Å². The van der Waals surface area contributed by atoms with Crippen LogP contribution in [0.1, 0.15) is 96.6 Å². The van der Waals surface area contributed by atoms with E-state index in [9.17, 15) is 9.59 Å². The minimum Gasteiger partial charge on any atom is -0.451 e. The van der Waals surface area contributed by atoms with Crippen molar-refractivity contribution in [1.82, 2.24) is 4.90 Å². The van der Waals surface area contributed by atoms with Crippen LogP contribution in [0.3, 0.4) is 0 Å². The Morgan fingerprint density at radius 1 is 1.08 bits per heavy atom. The lowest BCUT2D eigenvalue weighted by Gasteiger charge is -2.60. The van der Waals surface area contributed by atoms with Gasteiger partial charge in [0.05, 0.1) is 17.0 Å². The van der Waals surface area contributed by atoms with Crippen molar-refractivity contribution in [3.05, 3.63) is 59.2 Å². The summed E-state index contributed by atoms with van der Waals surface area (Å²) < 4.78 is 14.5. The molecule has 0 N–H and O–H groups in total. The average Bonchev–Trinajstić information content (AvgIpc) is 3.38. The molecule has 37 heavy (non-hydrogen) atoms. The number of benzene rings is 1. The lowest BCUT2D eigenvalue weighted by molar-refractivity contribution is -0.206. The molecule has 8 rings (SSSR count). The first-order chi connectivity index (χ1) is 17.9. The van der Waals surface area contributed by atoms with Gasteiger partial charge in [0.2, 0.25) is 0 Å². The topological polar surface area (TPSA) is 55.8 Å². The van der Waals surface area contributed by atoms with E-state index >= 15 is 0 Å². The van der Waals surface area contributed by atoms with Crippen LogP contribution in [0, 0.1) is 17.3 Å². The van der Waals surface area contributed by atoms with Gasteiger partial charge in [0, 0.05) is 11.5 Å². The second-order valence-electron chi connectivity index (χ2n) is 12.3. The molecular weight excluding hydrogens is 462 g/mol. The van der Waals surface area contributed by atoms with E-state index in [1.807, 2.05) is 18.2 Å². The minimum absolute atomic E-state index is 0.0885. The van der Waals surface area contributed by atoms with Crippen LogP contribution in [0.25, 0.3) is 0 Å². The zero-order valence-corrected chi connectivity index (χ0v) is 22.4. The van der Waals surface area contributed by atoms with Crippen molar-refractivity contribution in [3.63, 3.8) is 0 Å². The van der Waals surface area contributed by atoms with Crippen molar-refractivity contribution in [3.8, 4) is 0 Å². The molecule has 5 heteroatoms. The quantitative estimate of drug-likeness (QED) is 0.406. The third-order valence-corrected chi connectivity index (χ3v) is 10.9. The molecule has 1 aromatic rings. The van der Waals surface area contributed by atoms with Crippen molar-refractivity contribution in [1.29, 1.82) is 0 Å². The highest BCUT2D eigenvalue weighted by molar-refractivity contribution is 6.03. The second kappa shape index (κ2) is 7.81. The maximum absolute atomic E-state index is 14.6. The number of likely N-dealkylation sites (tertiary alicyclic amines) is 1. The molecular formula is C32H39NO4. The molecule has 3 heterocycles. The molecule has 4 aliphatic carbocycles. The number of carbonyl (C=O) groups is 2. The first kappa shape index (κ1) is 23.7. The molecule has 3 saturated heterocycles. The molecule has 3 aliphatic heterocycles. The smallest absolute Gasteiger partial charge is 0.337 e. The van der Waals surface area contributed by atoms with E-state index in [4.69, 9.17) is 9.47 Å². The Kier molecular flexibility index (Phi) is 5.00. The number of nitrogens with zero attached hydrogens (tertiary/aromatic N) is 1. The van der Waals surface area contributed by atoms with Crippen molar-refractivity contribution in [2.24, 2.45) is 17.3 Å². The molecule has 1 aromatic carbocycles. The number of fused-ring (bicyclic) bond motifs is 1. The number of carbonyl (C=O) groups excluding carboxylic acids is 2. The summed E-state index contributed by atoms with van der Waals surface area (Å²) in [7, 11) is 0. The fourth-order valence-corrected chi connectivity index (χ4v) is 9.85. The summed E-state index contributed by atoms with van der Waals surface area (Å²) in [5.41, 5.74) is -0.296. The van der Waals surface area contributed by atoms with Crippen LogP contribution < -0.4 is 0 Å².